The summed E-state index contributed by atoms with van der Waals surface area (Å²) in [5.74, 6) is 1.09. The van der Waals surface area contributed by atoms with Crippen LogP contribution >= 0.6 is 0 Å². The highest BCUT2D eigenvalue weighted by Crippen LogP contribution is 2.37. The fourth-order valence-corrected chi connectivity index (χ4v) is 8.22. The Labute approximate surface area is 286 Å². The molecule has 258 valence electrons. The molecule has 4 aliphatic rings. The monoisotopic (exact) mass is 668 g/mol. The van der Waals surface area contributed by atoms with E-state index in [-0.39, 0.29) is 47.6 Å². The summed E-state index contributed by atoms with van der Waals surface area (Å²) < 4.78 is 12.1. The van der Waals surface area contributed by atoms with Crippen LogP contribution < -0.4 is 10.1 Å². The lowest BCUT2D eigenvalue weighted by atomic mass is 9.82. The van der Waals surface area contributed by atoms with E-state index in [1.807, 2.05) is 23.2 Å². The maximum Gasteiger partial charge on any atom is 0.255 e. The summed E-state index contributed by atoms with van der Waals surface area (Å²) in [6, 6.07) is 11.2. The van der Waals surface area contributed by atoms with Crippen molar-refractivity contribution in [2.75, 3.05) is 33.4 Å². The third-order valence-corrected chi connectivity index (χ3v) is 10.6. The van der Waals surface area contributed by atoms with Gasteiger partial charge < -0.3 is 19.3 Å². The summed E-state index contributed by atoms with van der Waals surface area (Å²) in [5.41, 5.74) is 3.24. The Morgan fingerprint density at radius 3 is 2.67 bits per heavy atom. The SMILES string of the molecule is COC[C@@H]1CN(Cc2ccc3nc(C4CCN(C(C)=O)C(C)(C)C4)ncc3c2)C[C@H]1Oc1ccc2c(c1)CN([C@H]1CCC(=O)NC1=O)C2=O. The number of imide groups is 1. The topological polar surface area (TPSA) is 134 Å². The molecule has 5 heterocycles. The molecule has 0 spiro atoms. The first-order valence-electron chi connectivity index (χ1n) is 17.2. The van der Waals surface area contributed by atoms with Crippen molar-refractivity contribution < 1.29 is 28.7 Å². The molecular formula is C37H44N6O6. The number of hydrogen-bond donors (Lipinski definition) is 1. The van der Waals surface area contributed by atoms with Crippen LogP contribution in [0.1, 0.15) is 79.7 Å². The lowest BCUT2D eigenvalue weighted by Crippen LogP contribution is -2.52. The second-order valence-corrected chi connectivity index (χ2v) is 14.6. The van der Waals surface area contributed by atoms with Crippen molar-refractivity contribution in [1.82, 2.24) is 30.0 Å². The number of aromatic nitrogens is 2. The van der Waals surface area contributed by atoms with E-state index < -0.39 is 11.9 Å². The molecule has 7 rings (SSSR count). The van der Waals surface area contributed by atoms with Crippen molar-refractivity contribution in [3.8, 4) is 5.75 Å². The molecule has 4 amide bonds. The Hall–Kier alpha value is -4.42. The van der Waals surface area contributed by atoms with Crippen LogP contribution in [0.25, 0.3) is 10.9 Å². The summed E-state index contributed by atoms with van der Waals surface area (Å²) >= 11 is 0. The molecular weight excluding hydrogens is 624 g/mol. The van der Waals surface area contributed by atoms with Crippen molar-refractivity contribution in [1.29, 1.82) is 0 Å². The number of carbonyl (C=O) groups excluding carboxylic acids is 4. The Balaban J connectivity index is 0.999. The molecule has 0 aliphatic carbocycles. The largest absolute Gasteiger partial charge is 0.489 e. The van der Waals surface area contributed by atoms with Crippen LogP contribution in [0.4, 0.5) is 0 Å². The number of carbonyl (C=O) groups is 4. The summed E-state index contributed by atoms with van der Waals surface area (Å²) in [4.78, 5) is 64.9. The Morgan fingerprint density at radius 1 is 1.08 bits per heavy atom. The molecule has 1 aromatic heterocycles. The molecule has 2 aromatic carbocycles. The summed E-state index contributed by atoms with van der Waals surface area (Å²) in [7, 11) is 1.70. The van der Waals surface area contributed by atoms with E-state index in [2.05, 4.69) is 42.3 Å². The Bertz CT molecular complexity index is 1810. The van der Waals surface area contributed by atoms with E-state index >= 15 is 0 Å². The van der Waals surface area contributed by atoms with Gasteiger partial charge in [0.2, 0.25) is 17.7 Å². The average molecular weight is 669 g/mol. The van der Waals surface area contributed by atoms with Gasteiger partial charge in [-0.15, -0.1) is 0 Å². The fourth-order valence-electron chi connectivity index (χ4n) is 8.22. The number of ether oxygens (including phenoxy) is 2. The minimum Gasteiger partial charge on any atom is -0.489 e. The maximum atomic E-state index is 13.1. The molecule has 12 heteroatoms. The number of amides is 4. The lowest BCUT2D eigenvalue weighted by molar-refractivity contribution is -0.137. The standard InChI is InChI=1S/C37H44N6O6/c1-22(44)43-12-11-24(15-37(43,2)3)34-38-16-25-13-23(5-8-30(25)39-34)17-41-18-27(21-48-4)32(20-41)49-28-6-7-29-26(14-28)19-42(36(29)47)31-9-10-33(45)40-35(31)46/h5-8,13-14,16,24,27,31-32H,9-12,15,17-21H2,1-4H3,(H,40,45,46)/t24?,27-,31-,32+/m0/s1. The van der Waals surface area contributed by atoms with Crippen LogP contribution in [0.2, 0.25) is 0 Å². The van der Waals surface area contributed by atoms with Crippen LogP contribution in [0.3, 0.4) is 0 Å². The fraction of sp³-hybridized carbons (Fsp3) is 0.514. The van der Waals surface area contributed by atoms with Gasteiger partial charge in [-0.25, -0.2) is 9.97 Å². The minimum absolute atomic E-state index is 0.105. The quantitative estimate of drug-likeness (QED) is 0.359. The molecule has 1 unspecified atom stereocenters. The van der Waals surface area contributed by atoms with Gasteiger partial charge in [0.15, 0.2) is 0 Å². The average Bonchev–Trinajstić information content (AvgIpc) is 3.58. The molecule has 4 aliphatic heterocycles. The van der Waals surface area contributed by atoms with Gasteiger partial charge >= 0.3 is 0 Å². The highest BCUT2D eigenvalue weighted by atomic mass is 16.5. The van der Waals surface area contributed by atoms with Crippen LogP contribution in [0.15, 0.2) is 42.6 Å². The van der Waals surface area contributed by atoms with Gasteiger partial charge in [-0.3, -0.25) is 29.4 Å². The first kappa shape index (κ1) is 33.1. The lowest BCUT2D eigenvalue weighted by Gasteiger charge is -2.44. The van der Waals surface area contributed by atoms with Gasteiger partial charge in [-0.1, -0.05) is 6.07 Å². The van der Waals surface area contributed by atoms with E-state index in [0.717, 1.165) is 48.2 Å². The van der Waals surface area contributed by atoms with Crippen molar-refractivity contribution in [2.24, 2.45) is 5.92 Å². The second-order valence-electron chi connectivity index (χ2n) is 14.6. The van der Waals surface area contributed by atoms with Gasteiger partial charge in [0.05, 0.1) is 12.1 Å². The van der Waals surface area contributed by atoms with Crippen LogP contribution in [-0.4, -0.2) is 99.3 Å². The first-order valence-corrected chi connectivity index (χ1v) is 17.2. The number of nitrogens with zero attached hydrogens (tertiary/aromatic N) is 5. The Kier molecular flexibility index (Phi) is 8.87. The van der Waals surface area contributed by atoms with Crippen LogP contribution in [0, 0.1) is 5.92 Å². The molecule has 3 aromatic rings. The predicted molar refractivity (Wildman–Crippen MR) is 181 cm³/mol. The van der Waals surface area contributed by atoms with E-state index in [1.54, 1.807) is 25.0 Å². The van der Waals surface area contributed by atoms with E-state index in [0.29, 0.717) is 44.0 Å². The second kappa shape index (κ2) is 13.1. The van der Waals surface area contributed by atoms with Gasteiger partial charge in [0.25, 0.3) is 5.91 Å². The van der Waals surface area contributed by atoms with Crippen molar-refractivity contribution >= 4 is 34.5 Å². The molecule has 3 saturated heterocycles. The van der Waals surface area contributed by atoms with Crippen LogP contribution in [0.5, 0.6) is 5.75 Å². The number of benzene rings is 2. The number of piperidine rings is 2. The minimum atomic E-state index is -0.649. The zero-order chi connectivity index (χ0) is 34.4. The van der Waals surface area contributed by atoms with Gasteiger partial charge in [0, 0.05) is 87.7 Å². The van der Waals surface area contributed by atoms with Gasteiger partial charge in [-0.2, -0.15) is 0 Å². The van der Waals surface area contributed by atoms with Crippen molar-refractivity contribution in [2.45, 2.75) is 83.1 Å². The highest BCUT2D eigenvalue weighted by Gasteiger charge is 2.40. The molecule has 49 heavy (non-hydrogen) atoms. The van der Waals surface area contributed by atoms with Gasteiger partial charge in [-0.05, 0) is 74.6 Å². The van der Waals surface area contributed by atoms with E-state index in [1.165, 1.54) is 5.56 Å². The number of likely N-dealkylation sites (tertiary alicyclic amines) is 2. The number of fused-ring (bicyclic) bond motifs is 2. The summed E-state index contributed by atoms with van der Waals surface area (Å²) in [6.45, 7) is 9.73. The molecule has 0 bridgehead atoms. The highest BCUT2D eigenvalue weighted by molar-refractivity contribution is 6.05. The number of rotatable bonds is 8. The van der Waals surface area contributed by atoms with Crippen LogP contribution in [-0.2, 0) is 32.2 Å². The number of hydrogen-bond acceptors (Lipinski definition) is 9. The van der Waals surface area contributed by atoms with Gasteiger partial charge in [0.1, 0.15) is 23.7 Å². The predicted octanol–water partition coefficient (Wildman–Crippen LogP) is 3.42. The zero-order valence-corrected chi connectivity index (χ0v) is 28.6. The number of methoxy groups -OCH3 is 1. The molecule has 3 fully saturated rings. The number of nitrogens with one attached hydrogen (secondary N) is 1. The molecule has 12 nitrogen and oxygen atoms in total. The van der Waals surface area contributed by atoms with E-state index in [4.69, 9.17) is 19.4 Å². The maximum absolute atomic E-state index is 13.1. The third-order valence-electron chi connectivity index (χ3n) is 10.6. The third kappa shape index (κ3) is 6.63. The summed E-state index contributed by atoms with van der Waals surface area (Å²) in [5, 5.41) is 3.35. The molecule has 1 N–H and O–H groups in total. The first-order chi connectivity index (χ1) is 23.5. The van der Waals surface area contributed by atoms with Crippen molar-refractivity contribution in [3.63, 3.8) is 0 Å². The normalized spacial score (nSPS) is 25.5. The molecule has 0 radical (unpaired) electrons. The summed E-state index contributed by atoms with van der Waals surface area (Å²) in [6.07, 6.45) is 4.07. The molecule has 4 atom stereocenters. The van der Waals surface area contributed by atoms with E-state index in [9.17, 15) is 19.2 Å². The smallest absolute Gasteiger partial charge is 0.255 e. The van der Waals surface area contributed by atoms with Crippen molar-refractivity contribution in [3.05, 3.63) is 65.1 Å². The zero-order valence-electron chi connectivity index (χ0n) is 28.6. The Morgan fingerprint density at radius 2 is 1.92 bits per heavy atom. The molecule has 0 saturated carbocycles.